The Morgan fingerprint density at radius 3 is 2.81 bits per heavy atom. The second-order valence-corrected chi connectivity index (χ2v) is 4.21. The fourth-order valence-corrected chi connectivity index (χ4v) is 1.69. The number of aliphatic hydroxyl groups is 1. The molecule has 1 saturated carbocycles. The van der Waals surface area contributed by atoms with Crippen LogP contribution in [0.4, 0.5) is 11.4 Å². The molecule has 1 aromatic carbocycles. The summed E-state index contributed by atoms with van der Waals surface area (Å²) in [4.78, 5) is 0. The van der Waals surface area contributed by atoms with Gasteiger partial charge in [0.15, 0.2) is 0 Å². The highest BCUT2D eigenvalue weighted by atomic mass is 16.5. The van der Waals surface area contributed by atoms with Gasteiger partial charge in [0.25, 0.3) is 0 Å². The number of hydrogen-bond acceptors (Lipinski definition) is 4. The molecule has 0 amide bonds. The van der Waals surface area contributed by atoms with E-state index in [0.717, 1.165) is 18.5 Å². The molecule has 0 atom stereocenters. The first-order chi connectivity index (χ1) is 7.71. The first kappa shape index (κ1) is 11.1. The van der Waals surface area contributed by atoms with E-state index in [1.54, 1.807) is 0 Å². The molecule has 88 valence electrons. The van der Waals surface area contributed by atoms with Crippen molar-refractivity contribution in [2.45, 2.75) is 25.3 Å². The zero-order valence-corrected chi connectivity index (χ0v) is 9.49. The summed E-state index contributed by atoms with van der Waals surface area (Å²) in [6, 6.07) is 5.66. The maximum Gasteiger partial charge on any atom is 0.144 e. The van der Waals surface area contributed by atoms with Crippen molar-refractivity contribution in [1.82, 2.24) is 0 Å². The van der Waals surface area contributed by atoms with Gasteiger partial charge < -0.3 is 20.9 Å². The molecule has 0 aromatic heterocycles. The highest BCUT2D eigenvalue weighted by Gasteiger charge is 2.42. The van der Waals surface area contributed by atoms with Crippen molar-refractivity contribution in [2.24, 2.45) is 0 Å². The van der Waals surface area contributed by atoms with E-state index in [4.69, 9.17) is 10.5 Å². The van der Waals surface area contributed by atoms with E-state index < -0.39 is 0 Å². The molecule has 4 nitrogen and oxygen atoms in total. The van der Waals surface area contributed by atoms with E-state index in [2.05, 4.69) is 5.32 Å². The molecule has 0 bridgehead atoms. The van der Waals surface area contributed by atoms with Crippen LogP contribution in [-0.4, -0.2) is 23.9 Å². The van der Waals surface area contributed by atoms with Gasteiger partial charge in [0.05, 0.1) is 30.1 Å². The number of nitrogens with one attached hydrogen (secondary N) is 1. The van der Waals surface area contributed by atoms with Crippen molar-refractivity contribution in [3.8, 4) is 5.75 Å². The monoisotopic (exact) mass is 222 g/mol. The van der Waals surface area contributed by atoms with Gasteiger partial charge in [0.2, 0.25) is 0 Å². The quantitative estimate of drug-likeness (QED) is 0.662. The first-order valence-corrected chi connectivity index (χ1v) is 5.61. The van der Waals surface area contributed by atoms with Gasteiger partial charge in [-0.05, 0) is 31.9 Å². The molecule has 1 fully saturated rings. The minimum absolute atomic E-state index is 0.144. The minimum Gasteiger partial charge on any atom is -0.492 e. The predicted octanol–water partition coefficient (Wildman–Crippen LogP) is 1.60. The summed E-state index contributed by atoms with van der Waals surface area (Å²) in [7, 11) is 0. The van der Waals surface area contributed by atoms with Gasteiger partial charge in [-0.15, -0.1) is 0 Å². The maximum absolute atomic E-state index is 9.25. The SMILES string of the molecule is CCOc1cccc(NC2(CO)CC2)c1N. The highest BCUT2D eigenvalue weighted by molar-refractivity contribution is 5.74. The van der Waals surface area contributed by atoms with E-state index >= 15 is 0 Å². The fourth-order valence-electron chi connectivity index (χ4n) is 1.69. The van der Waals surface area contributed by atoms with Crippen molar-refractivity contribution in [3.63, 3.8) is 0 Å². The summed E-state index contributed by atoms with van der Waals surface area (Å²) in [5, 5.41) is 12.5. The van der Waals surface area contributed by atoms with Crippen molar-refractivity contribution in [2.75, 3.05) is 24.3 Å². The second-order valence-electron chi connectivity index (χ2n) is 4.21. The van der Waals surface area contributed by atoms with Gasteiger partial charge in [-0.3, -0.25) is 0 Å². The molecule has 0 unspecified atom stereocenters. The fraction of sp³-hybridized carbons (Fsp3) is 0.500. The first-order valence-electron chi connectivity index (χ1n) is 5.61. The topological polar surface area (TPSA) is 67.5 Å². The molecular formula is C12H18N2O2. The minimum atomic E-state index is -0.154. The lowest BCUT2D eigenvalue weighted by atomic mass is 10.2. The zero-order chi connectivity index (χ0) is 11.6. The lowest BCUT2D eigenvalue weighted by Gasteiger charge is -2.18. The lowest BCUT2D eigenvalue weighted by molar-refractivity contribution is 0.266. The van der Waals surface area contributed by atoms with Crippen LogP contribution in [0.3, 0.4) is 0 Å². The molecule has 4 heteroatoms. The zero-order valence-electron chi connectivity index (χ0n) is 9.49. The molecule has 16 heavy (non-hydrogen) atoms. The largest absolute Gasteiger partial charge is 0.492 e. The van der Waals surface area contributed by atoms with E-state index in [1.165, 1.54) is 0 Å². The number of aliphatic hydroxyl groups excluding tert-OH is 1. The number of ether oxygens (including phenoxy) is 1. The molecule has 4 N–H and O–H groups in total. The van der Waals surface area contributed by atoms with Crippen molar-refractivity contribution in [1.29, 1.82) is 0 Å². The Balaban J connectivity index is 2.17. The van der Waals surface area contributed by atoms with Gasteiger partial charge in [0.1, 0.15) is 5.75 Å². The smallest absolute Gasteiger partial charge is 0.144 e. The third-order valence-electron chi connectivity index (χ3n) is 2.92. The van der Waals surface area contributed by atoms with Crippen molar-refractivity contribution >= 4 is 11.4 Å². The van der Waals surface area contributed by atoms with Gasteiger partial charge in [-0.25, -0.2) is 0 Å². The van der Waals surface area contributed by atoms with Gasteiger partial charge in [0, 0.05) is 0 Å². The third-order valence-corrected chi connectivity index (χ3v) is 2.92. The van der Waals surface area contributed by atoms with Gasteiger partial charge >= 0.3 is 0 Å². The van der Waals surface area contributed by atoms with Gasteiger partial charge in [-0.2, -0.15) is 0 Å². The Hall–Kier alpha value is -1.42. The molecule has 0 heterocycles. The standard InChI is InChI=1S/C12H18N2O2/c1-2-16-10-5-3-4-9(11(10)13)14-12(8-15)6-7-12/h3-5,14-15H,2,6-8,13H2,1H3. The maximum atomic E-state index is 9.25. The molecule has 0 radical (unpaired) electrons. The van der Waals surface area contributed by atoms with Crippen LogP contribution in [0, 0.1) is 0 Å². The molecule has 0 spiro atoms. The number of nitrogens with two attached hydrogens (primary N) is 1. The van der Waals surface area contributed by atoms with Crippen LogP contribution in [-0.2, 0) is 0 Å². The Bertz CT molecular complexity index is 375. The van der Waals surface area contributed by atoms with E-state index in [9.17, 15) is 5.11 Å². The van der Waals surface area contributed by atoms with Crippen LogP contribution in [0.5, 0.6) is 5.75 Å². The number of nitrogen functional groups attached to an aromatic ring is 1. The molecule has 1 aromatic rings. The summed E-state index contributed by atoms with van der Waals surface area (Å²) in [6.45, 7) is 2.67. The van der Waals surface area contributed by atoms with Crippen LogP contribution in [0.15, 0.2) is 18.2 Å². The number of benzene rings is 1. The molecule has 0 saturated heterocycles. The number of para-hydroxylation sites is 1. The number of rotatable bonds is 5. The molecular weight excluding hydrogens is 204 g/mol. The van der Waals surface area contributed by atoms with Crippen molar-refractivity contribution in [3.05, 3.63) is 18.2 Å². The average molecular weight is 222 g/mol. The van der Waals surface area contributed by atoms with Crippen molar-refractivity contribution < 1.29 is 9.84 Å². The predicted molar refractivity (Wildman–Crippen MR) is 64.7 cm³/mol. The van der Waals surface area contributed by atoms with Crippen LogP contribution in [0.1, 0.15) is 19.8 Å². The van der Waals surface area contributed by atoms with E-state index in [0.29, 0.717) is 18.0 Å². The summed E-state index contributed by atoms with van der Waals surface area (Å²) in [5.74, 6) is 0.696. The normalized spacial score (nSPS) is 16.9. The van der Waals surface area contributed by atoms with Crippen LogP contribution < -0.4 is 15.8 Å². The van der Waals surface area contributed by atoms with Crippen LogP contribution >= 0.6 is 0 Å². The van der Waals surface area contributed by atoms with E-state index in [1.807, 2.05) is 25.1 Å². The summed E-state index contributed by atoms with van der Waals surface area (Å²) < 4.78 is 5.42. The molecule has 1 aliphatic carbocycles. The Morgan fingerprint density at radius 1 is 1.50 bits per heavy atom. The second kappa shape index (κ2) is 4.22. The van der Waals surface area contributed by atoms with Crippen LogP contribution in [0.2, 0.25) is 0 Å². The molecule has 0 aliphatic heterocycles. The summed E-state index contributed by atoms with van der Waals surface area (Å²) in [6.07, 6.45) is 1.98. The summed E-state index contributed by atoms with van der Waals surface area (Å²) >= 11 is 0. The third kappa shape index (κ3) is 2.07. The Kier molecular flexibility index (Phi) is 2.92. The lowest BCUT2D eigenvalue weighted by Crippen LogP contribution is -2.26. The highest BCUT2D eigenvalue weighted by Crippen LogP contribution is 2.41. The van der Waals surface area contributed by atoms with E-state index in [-0.39, 0.29) is 12.1 Å². The van der Waals surface area contributed by atoms with Crippen LogP contribution in [0.25, 0.3) is 0 Å². The Labute approximate surface area is 95.4 Å². The average Bonchev–Trinajstić information content (AvgIpc) is 3.05. The number of hydrogen-bond donors (Lipinski definition) is 3. The molecule has 2 rings (SSSR count). The Morgan fingerprint density at radius 2 is 2.25 bits per heavy atom. The number of anilines is 2. The van der Waals surface area contributed by atoms with Gasteiger partial charge in [-0.1, -0.05) is 6.07 Å². The molecule has 1 aliphatic rings. The summed E-state index contributed by atoms with van der Waals surface area (Å²) in [5.41, 5.74) is 7.30.